The van der Waals surface area contributed by atoms with E-state index in [1.54, 1.807) is 43.4 Å². The Kier molecular flexibility index (Phi) is 6.57. The van der Waals surface area contributed by atoms with Gasteiger partial charge in [0.15, 0.2) is 5.82 Å². The van der Waals surface area contributed by atoms with E-state index in [2.05, 4.69) is 15.5 Å². The normalized spacial score (nSPS) is 15.9. The highest BCUT2D eigenvalue weighted by Crippen LogP contribution is 2.33. The summed E-state index contributed by atoms with van der Waals surface area (Å²) in [6, 6.07) is 6.50. The molecule has 7 nitrogen and oxygen atoms in total. The molecule has 4 rings (SSSR count). The van der Waals surface area contributed by atoms with E-state index in [0.717, 1.165) is 12.1 Å². The number of aromatic nitrogens is 3. The van der Waals surface area contributed by atoms with Crippen LogP contribution in [0.1, 0.15) is 61.0 Å². The number of amides is 1. The summed E-state index contributed by atoms with van der Waals surface area (Å²) in [4.78, 5) is 26.7. The minimum absolute atomic E-state index is 0.00379. The zero-order valence-corrected chi connectivity index (χ0v) is 20.1. The van der Waals surface area contributed by atoms with Gasteiger partial charge in [-0.25, -0.2) is 0 Å². The first-order valence-electron chi connectivity index (χ1n) is 11.5. The van der Waals surface area contributed by atoms with Gasteiger partial charge in [0.25, 0.3) is 5.56 Å². The molecule has 1 saturated heterocycles. The monoisotopic (exact) mass is 487 g/mol. The van der Waals surface area contributed by atoms with Crippen LogP contribution in [0.25, 0.3) is 10.9 Å². The van der Waals surface area contributed by atoms with Crippen LogP contribution in [-0.2, 0) is 18.0 Å². The zero-order chi connectivity index (χ0) is 25.5. The van der Waals surface area contributed by atoms with E-state index < -0.39 is 17.8 Å². The van der Waals surface area contributed by atoms with Crippen LogP contribution in [0.5, 0.6) is 0 Å². The average Bonchev–Trinajstić information content (AvgIpc) is 2.82. The number of nitrogens with zero attached hydrogens (tertiary/aromatic N) is 4. The van der Waals surface area contributed by atoms with Crippen LogP contribution in [0, 0.1) is 6.92 Å². The highest BCUT2D eigenvalue weighted by atomic mass is 19.4. The average molecular weight is 488 g/mol. The van der Waals surface area contributed by atoms with Crippen molar-refractivity contribution in [1.29, 1.82) is 0 Å². The number of likely N-dealkylation sites (tertiary alicyclic amines) is 1. The van der Waals surface area contributed by atoms with Gasteiger partial charge in [-0.3, -0.25) is 9.59 Å². The van der Waals surface area contributed by atoms with Gasteiger partial charge in [-0.05, 0) is 56.4 Å². The number of hydrogen-bond donors (Lipinski definition) is 1. The second-order valence-corrected chi connectivity index (χ2v) is 9.13. The molecule has 1 N–H and O–H groups in total. The number of hydrogen-bond acceptors (Lipinski definition) is 5. The van der Waals surface area contributed by atoms with Crippen molar-refractivity contribution in [2.75, 3.05) is 18.4 Å². The largest absolute Gasteiger partial charge is 0.416 e. The lowest BCUT2D eigenvalue weighted by Gasteiger charge is -2.31. The SMILES string of the molecule is CC(=O)N1CCC(c2cc3c(N[C@H](C)c4cccc(C(F)(F)F)c4)nnc(C)c3n(C)c2=O)CC1. The molecule has 1 aliphatic heterocycles. The Hall–Kier alpha value is -3.43. The fourth-order valence-corrected chi connectivity index (χ4v) is 4.78. The van der Waals surface area contributed by atoms with Crippen LogP contribution in [0.4, 0.5) is 19.0 Å². The van der Waals surface area contributed by atoms with Crippen molar-refractivity contribution in [3.05, 3.63) is 63.1 Å². The third kappa shape index (κ3) is 4.87. The number of carbonyl (C=O) groups excluding carboxylic acids is 1. The highest BCUT2D eigenvalue weighted by molar-refractivity contribution is 5.91. The maximum atomic E-state index is 13.2. The van der Waals surface area contributed by atoms with E-state index in [1.807, 2.05) is 6.07 Å². The Bertz CT molecular complexity index is 1330. The Labute approximate surface area is 201 Å². The molecule has 10 heteroatoms. The van der Waals surface area contributed by atoms with Crippen LogP contribution in [0.2, 0.25) is 0 Å². The first kappa shape index (κ1) is 24.7. The van der Waals surface area contributed by atoms with E-state index in [9.17, 15) is 22.8 Å². The van der Waals surface area contributed by atoms with E-state index in [4.69, 9.17) is 0 Å². The Morgan fingerprint density at radius 2 is 1.86 bits per heavy atom. The van der Waals surface area contributed by atoms with Crippen LogP contribution in [0.15, 0.2) is 35.1 Å². The van der Waals surface area contributed by atoms with Crippen molar-refractivity contribution in [2.24, 2.45) is 7.05 Å². The summed E-state index contributed by atoms with van der Waals surface area (Å²) in [5.74, 6) is 0.417. The highest BCUT2D eigenvalue weighted by Gasteiger charge is 2.31. The third-order valence-corrected chi connectivity index (χ3v) is 6.79. The minimum atomic E-state index is -4.43. The topological polar surface area (TPSA) is 80.1 Å². The number of anilines is 1. The van der Waals surface area contributed by atoms with Gasteiger partial charge in [0.1, 0.15) is 0 Å². The number of nitrogens with one attached hydrogen (secondary N) is 1. The number of pyridine rings is 1. The molecule has 186 valence electrons. The number of carbonyl (C=O) groups is 1. The van der Waals surface area contributed by atoms with E-state index in [1.165, 1.54) is 6.07 Å². The molecule has 0 bridgehead atoms. The van der Waals surface area contributed by atoms with Gasteiger partial charge in [-0.15, -0.1) is 5.10 Å². The standard InChI is InChI=1S/C25H28F3N5O2/c1-14(18-6-5-7-19(12-18)25(26,27)28)29-23-21-13-20(17-8-10-33(11-9-17)16(3)34)24(35)32(4)22(21)15(2)30-31-23/h5-7,12-14,17H,8-11H2,1-4H3,(H,29,31)/t14-/m1/s1. The van der Waals surface area contributed by atoms with E-state index in [0.29, 0.717) is 59.5 Å². The number of benzene rings is 1. The third-order valence-electron chi connectivity index (χ3n) is 6.79. The molecule has 1 fully saturated rings. The van der Waals surface area contributed by atoms with Gasteiger partial charge in [0, 0.05) is 38.0 Å². The van der Waals surface area contributed by atoms with Gasteiger partial charge in [-0.2, -0.15) is 18.3 Å². The van der Waals surface area contributed by atoms with Crippen LogP contribution in [0.3, 0.4) is 0 Å². The molecule has 1 atom stereocenters. The molecule has 0 radical (unpaired) electrons. The Morgan fingerprint density at radius 1 is 1.17 bits per heavy atom. The molecule has 0 aliphatic carbocycles. The summed E-state index contributed by atoms with van der Waals surface area (Å²) < 4.78 is 41.1. The molecule has 1 aliphatic rings. The molecular formula is C25H28F3N5O2. The Morgan fingerprint density at radius 3 is 2.49 bits per heavy atom. The molecule has 0 spiro atoms. The molecule has 0 unspecified atom stereocenters. The maximum absolute atomic E-state index is 13.2. The number of piperidine rings is 1. The molecule has 2 aromatic heterocycles. The molecule has 3 heterocycles. The van der Waals surface area contributed by atoms with Crippen molar-refractivity contribution < 1.29 is 18.0 Å². The predicted molar refractivity (Wildman–Crippen MR) is 127 cm³/mol. The van der Waals surface area contributed by atoms with E-state index in [-0.39, 0.29) is 17.4 Å². The number of fused-ring (bicyclic) bond motifs is 1. The fraction of sp³-hybridized carbons (Fsp3) is 0.440. The lowest BCUT2D eigenvalue weighted by molar-refractivity contribution is -0.137. The Balaban J connectivity index is 1.72. The van der Waals surface area contributed by atoms with Crippen LogP contribution < -0.4 is 10.9 Å². The summed E-state index contributed by atoms with van der Waals surface area (Å²) >= 11 is 0. The van der Waals surface area contributed by atoms with Crippen molar-refractivity contribution in [3.63, 3.8) is 0 Å². The van der Waals surface area contributed by atoms with Gasteiger partial charge in [0.05, 0.1) is 22.8 Å². The minimum Gasteiger partial charge on any atom is -0.361 e. The quantitative estimate of drug-likeness (QED) is 0.584. The van der Waals surface area contributed by atoms with Gasteiger partial charge < -0.3 is 14.8 Å². The molecule has 0 saturated carbocycles. The van der Waals surface area contributed by atoms with Gasteiger partial charge in [0.2, 0.25) is 5.91 Å². The van der Waals surface area contributed by atoms with Crippen molar-refractivity contribution in [2.45, 2.75) is 51.7 Å². The molecule has 1 aromatic carbocycles. The van der Waals surface area contributed by atoms with Crippen molar-refractivity contribution in [1.82, 2.24) is 19.7 Å². The first-order valence-corrected chi connectivity index (χ1v) is 11.5. The fourth-order valence-electron chi connectivity index (χ4n) is 4.78. The molecule has 3 aromatic rings. The summed E-state index contributed by atoms with van der Waals surface area (Å²) in [5, 5.41) is 12.4. The molecule has 35 heavy (non-hydrogen) atoms. The second-order valence-electron chi connectivity index (χ2n) is 9.13. The number of aryl methyl sites for hydroxylation is 2. The molecule has 1 amide bonds. The smallest absolute Gasteiger partial charge is 0.361 e. The number of halogens is 3. The summed E-state index contributed by atoms with van der Waals surface area (Å²) in [5.41, 5.74) is 1.46. The van der Waals surface area contributed by atoms with Crippen LogP contribution >= 0.6 is 0 Å². The zero-order valence-electron chi connectivity index (χ0n) is 20.1. The summed E-state index contributed by atoms with van der Waals surface area (Å²) in [6.07, 6.45) is -3.07. The van der Waals surface area contributed by atoms with Crippen molar-refractivity contribution >= 4 is 22.6 Å². The lowest BCUT2D eigenvalue weighted by Crippen LogP contribution is -2.38. The van der Waals surface area contributed by atoms with E-state index >= 15 is 0 Å². The summed E-state index contributed by atoms with van der Waals surface area (Å²) in [7, 11) is 1.69. The van der Waals surface area contributed by atoms with Crippen molar-refractivity contribution in [3.8, 4) is 0 Å². The number of alkyl halides is 3. The van der Waals surface area contributed by atoms with Gasteiger partial charge in [-0.1, -0.05) is 12.1 Å². The lowest BCUT2D eigenvalue weighted by atomic mass is 9.89. The second kappa shape index (κ2) is 9.31. The summed E-state index contributed by atoms with van der Waals surface area (Å²) in [6.45, 7) is 6.24. The predicted octanol–water partition coefficient (Wildman–Crippen LogP) is 4.55. The van der Waals surface area contributed by atoms with Crippen LogP contribution in [-0.4, -0.2) is 38.7 Å². The maximum Gasteiger partial charge on any atom is 0.416 e. The first-order chi connectivity index (χ1) is 16.5. The number of rotatable bonds is 4. The molecular weight excluding hydrogens is 459 g/mol. The van der Waals surface area contributed by atoms with Gasteiger partial charge >= 0.3 is 6.18 Å².